The second-order valence-electron chi connectivity index (χ2n) is 1.90. The molecular weight excluding hydrogens is 216 g/mol. The van der Waals surface area contributed by atoms with Crippen LogP contribution in [-0.4, -0.2) is 27.5 Å². The summed E-state index contributed by atoms with van der Waals surface area (Å²) in [6.45, 7) is 1.45. The van der Waals surface area contributed by atoms with Gasteiger partial charge in [-0.25, -0.2) is 9.59 Å². The topological polar surface area (TPSA) is 74.6 Å². The summed E-state index contributed by atoms with van der Waals surface area (Å²) in [4.78, 5) is 20.6. The van der Waals surface area contributed by atoms with E-state index in [1.165, 1.54) is 6.92 Å². The number of carbonyl (C=O) groups is 2. The lowest BCUT2D eigenvalue weighted by atomic mass is 10.1. The van der Waals surface area contributed by atoms with Crippen molar-refractivity contribution in [1.29, 1.82) is 0 Å². The summed E-state index contributed by atoms with van der Waals surface area (Å²) < 4.78 is 0. The third-order valence-electron chi connectivity index (χ3n) is 1.05. The minimum absolute atomic E-state index is 0.251. The molecule has 5 heteroatoms. The van der Waals surface area contributed by atoms with Crippen LogP contribution in [0.1, 0.15) is 6.92 Å². The van der Waals surface area contributed by atoms with Crippen LogP contribution in [-0.2, 0) is 9.59 Å². The summed E-state index contributed by atoms with van der Waals surface area (Å²) in [5, 5.41) is 17.0. The first-order valence-corrected chi connectivity index (χ1v) is 3.85. The van der Waals surface area contributed by atoms with Crippen molar-refractivity contribution in [2.45, 2.75) is 6.92 Å². The number of rotatable bonds is 3. The molecule has 0 spiro atoms. The van der Waals surface area contributed by atoms with Gasteiger partial charge < -0.3 is 10.2 Å². The molecule has 0 bridgehead atoms. The molecule has 4 nitrogen and oxygen atoms in total. The van der Waals surface area contributed by atoms with E-state index in [1.807, 2.05) is 0 Å². The lowest BCUT2D eigenvalue weighted by Gasteiger charge is -1.98. The molecule has 0 saturated carbocycles. The van der Waals surface area contributed by atoms with E-state index in [-0.39, 0.29) is 5.33 Å². The summed E-state index contributed by atoms with van der Waals surface area (Å²) in [5.41, 5.74) is -0.271. The lowest BCUT2D eigenvalue weighted by molar-refractivity contribution is -0.140. The van der Waals surface area contributed by atoms with Gasteiger partial charge in [0.15, 0.2) is 0 Å². The third kappa shape index (κ3) is 2.71. The number of carboxylic acid groups (broad SMARTS) is 2. The Balaban J connectivity index is 4.88. The van der Waals surface area contributed by atoms with Gasteiger partial charge in [0.1, 0.15) is 5.57 Å². The highest BCUT2D eigenvalue weighted by Crippen LogP contribution is 2.07. The molecule has 0 aromatic heterocycles. The number of hydrogen-bond donors (Lipinski definition) is 2. The van der Waals surface area contributed by atoms with Crippen molar-refractivity contribution in [2.75, 3.05) is 5.33 Å². The minimum Gasteiger partial charge on any atom is -0.477 e. The number of carboxylic acids is 2. The van der Waals surface area contributed by atoms with Crippen LogP contribution in [0.4, 0.5) is 0 Å². The zero-order valence-corrected chi connectivity index (χ0v) is 7.38. The van der Waals surface area contributed by atoms with Crippen molar-refractivity contribution in [3.63, 3.8) is 0 Å². The fraction of sp³-hybridized carbons (Fsp3) is 0.333. The highest BCUT2D eigenvalue weighted by atomic mass is 79.9. The van der Waals surface area contributed by atoms with Gasteiger partial charge in [-0.15, -0.1) is 0 Å². The molecule has 0 unspecified atom stereocenters. The van der Waals surface area contributed by atoms with Crippen LogP contribution < -0.4 is 0 Å². The van der Waals surface area contributed by atoms with Gasteiger partial charge in [0.2, 0.25) is 0 Å². The molecule has 0 heterocycles. The maximum absolute atomic E-state index is 10.3. The SMILES string of the molecule is CC(CBr)=C(C(=O)O)C(=O)O. The van der Waals surface area contributed by atoms with Crippen molar-refractivity contribution in [3.05, 3.63) is 11.1 Å². The van der Waals surface area contributed by atoms with Crippen molar-refractivity contribution in [1.82, 2.24) is 0 Å². The molecule has 0 saturated heterocycles. The molecule has 0 aromatic rings. The van der Waals surface area contributed by atoms with Crippen LogP contribution in [0.2, 0.25) is 0 Å². The van der Waals surface area contributed by atoms with Crippen molar-refractivity contribution in [3.8, 4) is 0 Å². The van der Waals surface area contributed by atoms with E-state index in [0.717, 1.165) is 0 Å². The lowest BCUT2D eigenvalue weighted by Crippen LogP contribution is -2.13. The van der Waals surface area contributed by atoms with E-state index in [0.29, 0.717) is 5.57 Å². The molecule has 0 atom stereocenters. The molecule has 0 aliphatic carbocycles. The quantitative estimate of drug-likeness (QED) is 0.322. The largest absolute Gasteiger partial charge is 0.477 e. The first-order valence-electron chi connectivity index (χ1n) is 2.73. The predicted molar refractivity (Wildman–Crippen MR) is 41.8 cm³/mol. The number of hydrogen-bond acceptors (Lipinski definition) is 2. The molecule has 2 N–H and O–H groups in total. The van der Waals surface area contributed by atoms with Crippen LogP contribution >= 0.6 is 15.9 Å². The molecule has 0 aliphatic heterocycles. The maximum atomic E-state index is 10.3. The normalized spacial score (nSPS) is 8.91. The second kappa shape index (κ2) is 4.12. The minimum atomic E-state index is -1.41. The number of halogens is 1. The molecule has 11 heavy (non-hydrogen) atoms. The first-order chi connectivity index (χ1) is 5.00. The van der Waals surface area contributed by atoms with Gasteiger partial charge in [0.05, 0.1) is 0 Å². The van der Waals surface area contributed by atoms with Gasteiger partial charge >= 0.3 is 11.9 Å². The van der Waals surface area contributed by atoms with Crippen molar-refractivity contribution in [2.24, 2.45) is 0 Å². The van der Waals surface area contributed by atoms with Gasteiger partial charge in [0, 0.05) is 5.33 Å². The van der Waals surface area contributed by atoms with Crippen LogP contribution in [0.25, 0.3) is 0 Å². The Morgan fingerprint density at radius 1 is 1.27 bits per heavy atom. The Bertz CT molecular complexity index is 203. The molecule has 0 aliphatic rings. The Morgan fingerprint density at radius 3 is 1.73 bits per heavy atom. The maximum Gasteiger partial charge on any atom is 0.343 e. The van der Waals surface area contributed by atoms with Gasteiger partial charge in [-0.05, 0) is 12.5 Å². The zero-order valence-electron chi connectivity index (χ0n) is 5.80. The van der Waals surface area contributed by atoms with Crippen LogP contribution in [0, 0.1) is 0 Å². The average molecular weight is 223 g/mol. The fourth-order valence-electron chi connectivity index (χ4n) is 0.523. The molecule has 62 valence electrons. The van der Waals surface area contributed by atoms with E-state index < -0.39 is 17.5 Å². The van der Waals surface area contributed by atoms with Gasteiger partial charge in [-0.1, -0.05) is 15.9 Å². The van der Waals surface area contributed by atoms with E-state index in [4.69, 9.17) is 10.2 Å². The fourth-order valence-corrected chi connectivity index (χ4v) is 0.804. The third-order valence-corrected chi connectivity index (χ3v) is 1.90. The number of aliphatic carboxylic acids is 2. The smallest absolute Gasteiger partial charge is 0.343 e. The van der Waals surface area contributed by atoms with Crippen LogP contribution in [0.5, 0.6) is 0 Å². The summed E-state index contributed by atoms with van der Waals surface area (Å²) in [5.74, 6) is -2.82. The second-order valence-corrected chi connectivity index (χ2v) is 2.46. The van der Waals surface area contributed by atoms with Gasteiger partial charge in [0.25, 0.3) is 0 Å². The van der Waals surface area contributed by atoms with E-state index >= 15 is 0 Å². The Kier molecular flexibility index (Phi) is 3.81. The monoisotopic (exact) mass is 222 g/mol. The van der Waals surface area contributed by atoms with E-state index in [9.17, 15) is 9.59 Å². The molecule has 0 rings (SSSR count). The molecule has 0 fully saturated rings. The van der Waals surface area contributed by atoms with Crippen LogP contribution in [0.15, 0.2) is 11.1 Å². The molecular formula is C6H7BrO4. The summed E-state index contributed by atoms with van der Waals surface area (Å²) in [7, 11) is 0. The molecule has 0 radical (unpaired) electrons. The molecule has 0 amide bonds. The highest BCUT2D eigenvalue weighted by Gasteiger charge is 2.18. The number of allylic oxidation sites excluding steroid dienone is 1. The Morgan fingerprint density at radius 2 is 1.64 bits per heavy atom. The summed E-state index contributed by atoms with van der Waals surface area (Å²) in [6.07, 6.45) is 0. The average Bonchev–Trinajstić information content (AvgIpc) is 1.85. The zero-order chi connectivity index (χ0) is 9.02. The predicted octanol–water partition coefficient (Wildman–Crippen LogP) is 0.867. The van der Waals surface area contributed by atoms with Crippen molar-refractivity contribution >= 4 is 27.9 Å². The first kappa shape index (κ1) is 10.2. The van der Waals surface area contributed by atoms with Crippen LogP contribution in [0.3, 0.4) is 0 Å². The Hall–Kier alpha value is -0.840. The summed E-state index contributed by atoms with van der Waals surface area (Å²) in [6, 6.07) is 0. The highest BCUT2D eigenvalue weighted by molar-refractivity contribution is 9.09. The van der Waals surface area contributed by atoms with Gasteiger partial charge in [-0.3, -0.25) is 0 Å². The molecule has 0 aromatic carbocycles. The summed E-state index contributed by atoms with van der Waals surface area (Å²) >= 11 is 2.97. The van der Waals surface area contributed by atoms with Crippen molar-refractivity contribution < 1.29 is 19.8 Å². The standard InChI is InChI=1S/C6H7BrO4/c1-3(2-7)4(5(8)9)6(10)11/h2H2,1H3,(H,8,9)(H,10,11). The Labute approximate surface area is 71.7 Å². The van der Waals surface area contributed by atoms with E-state index in [1.54, 1.807) is 0 Å². The number of alkyl halides is 1. The van der Waals surface area contributed by atoms with Gasteiger partial charge in [-0.2, -0.15) is 0 Å². The van der Waals surface area contributed by atoms with E-state index in [2.05, 4.69) is 15.9 Å².